The number of benzene rings is 2. The third-order valence-corrected chi connectivity index (χ3v) is 3.66. The summed E-state index contributed by atoms with van der Waals surface area (Å²) in [6.07, 6.45) is 0. The van der Waals surface area contributed by atoms with E-state index in [1.165, 1.54) is 0 Å². The second-order valence-electron chi connectivity index (χ2n) is 3.85. The summed E-state index contributed by atoms with van der Waals surface area (Å²) in [5, 5.41) is 0. The topological polar surface area (TPSA) is 35.2 Å². The summed E-state index contributed by atoms with van der Waals surface area (Å²) in [6, 6.07) is 13.9. The maximum absolute atomic E-state index is 5.85. The Labute approximate surface area is 123 Å². The zero-order valence-corrected chi connectivity index (χ0v) is 12.9. The van der Waals surface area contributed by atoms with Gasteiger partial charge in [0.2, 0.25) is 0 Å². The summed E-state index contributed by atoms with van der Waals surface area (Å²) in [4.78, 5) is 0. The van der Waals surface area contributed by atoms with Crippen molar-refractivity contribution < 1.29 is 4.74 Å². The Hall–Kier alpha value is -0.840. The molecular weight excluding hydrogens is 358 g/mol. The minimum Gasteiger partial charge on any atom is -0.487 e. The van der Waals surface area contributed by atoms with Crippen molar-refractivity contribution >= 4 is 31.9 Å². The normalized spacial score (nSPS) is 10.4. The molecule has 2 rings (SSSR count). The zero-order valence-electron chi connectivity index (χ0n) is 9.70. The summed E-state index contributed by atoms with van der Waals surface area (Å²) in [6.45, 7) is 0.988. The predicted molar refractivity (Wildman–Crippen MR) is 80.5 cm³/mol. The van der Waals surface area contributed by atoms with Crippen LogP contribution in [0.4, 0.5) is 0 Å². The molecule has 0 aliphatic carbocycles. The van der Waals surface area contributed by atoms with E-state index in [9.17, 15) is 0 Å². The van der Waals surface area contributed by atoms with Gasteiger partial charge in [0.1, 0.15) is 12.4 Å². The highest BCUT2D eigenvalue weighted by Crippen LogP contribution is 2.29. The maximum atomic E-state index is 5.85. The maximum Gasteiger partial charge on any atom is 0.138 e. The molecule has 2 nitrogen and oxygen atoms in total. The molecule has 0 fully saturated rings. The Kier molecular flexibility index (Phi) is 4.80. The number of hydrogen-bond donors (Lipinski definition) is 1. The molecular formula is C14H13Br2NO. The van der Waals surface area contributed by atoms with Crippen LogP contribution in [0.25, 0.3) is 0 Å². The highest BCUT2D eigenvalue weighted by Gasteiger charge is 2.07. The van der Waals surface area contributed by atoms with Gasteiger partial charge in [-0.25, -0.2) is 0 Å². The molecule has 2 aromatic rings. The Morgan fingerprint density at radius 1 is 1.06 bits per heavy atom. The van der Waals surface area contributed by atoms with Crippen molar-refractivity contribution in [2.45, 2.75) is 13.2 Å². The van der Waals surface area contributed by atoms with Gasteiger partial charge in [-0.05, 0) is 39.7 Å². The van der Waals surface area contributed by atoms with Crippen molar-refractivity contribution in [1.82, 2.24) is 0 Å². The summed E-state index contributed by atoms with van der Waals surface area (Å²) in [7, 11) is 0. The van der Waals surface area contributed by atoms with Gasteiger partial charge in [-0.15, -0.1) is 0 Å². The minimum atomic E-state index is 0.466. The molecule has 2 aromatic carbocycles. The number of para-hydroxylation sites is 1. The molecule has 0 spiro atoms. The van der Waals surface area contributed by atoms with Crippen LogP contribution in [0.15, 0.2) is 51.4 Å². The Bertz CT molecular complexity index is 543. The first-order valence-electron chi connectivity index (χ1n) is 5.55. The molecule has 0 saturated carbocycles. The molecule has 0 heterocycles. The monoisotopic (exact) mass is 369 g/mol. The summed E-state index contributed by atoms with van der Waals surface area (Å²) < 4.78 is 7.83. The van der Waals surface area contributed by atoms with E-state index in [0.29, 0.717) is 13.2 Å². The van der Waals surface area contributed by atoms with Crippen molar-refractivity contribution in [2.75, 3.05) is 0 Å². The van der Waals surface area contributed by atoms with Crippen LogP contribution in [0.5, 0.6) is 5.75 Å². The van der Waals surface area contributed by atoms with Gasteiger partial charge in [0, 0.05) is 16.6 Å². The second-order valence-corrected chi connectivity index (χ2v) is 5.62. The summed E-state index contributed by atoms with van der Waals surface area (Å²) >= 11 is 6.93. The van der Waals surface area contributed by atoms with Crippen LogP contribution in [0.3, 0.4) is 0 Å². The van der Waals surface area contributed by atoms with Crippen LogP contribution >= 0.6 is 31.9 Å². The van der Waals surface area contributed by atoms with E-state index in [1.54, 1.807) is 0 Å². The smallest absolute Gasteiger partial charge is 0.138 e. The third-order valence-electron chi connectivity index (χ3n) is 2.54. The van der Waals surface area contributed by atoms with Gasteiger partial charge in [-0.2, -0.15) is 0 Å². The average Bonchev–Trinajstić information content (AvgIpc) is 2.37. The number of ether oxygens (including phenoxy) is 1. The number of nitrogens with two attached hydrogens (primary N) is 1. The summed E-state index contributed by atoms with van der Waals surface area (Å²) in [5.41, 5.74) is 7.82. The van der Waals surface area contributed by atoms with Crippen LogP contribution in [-0.4, -0.2) is 0 Å². The molecule has 2 N–H and O–H groups in total. The van der Waals surface area contributed by atoms with Crippen molar-refractivity contribution in [2.24, 2.45) is 5.73 Å². The molecule has 0 saturated heterocycles. The van der Waals surface area contributed by atoms with Crippen LogP contribution in [0.1, 0.15) is 11.1 Å². The van der Waals surface area contributed by atoms with Crippen LogP contribution < -0.4 is 10.5 Å². The number of rotatable bonds is 4. The summed E-state index contributed by atoms with van der Waals surface area (Å²) in [5.74, 6) is 0.819. The first kappa shape index (κ1) is 13.6. The lowest BCUT2D eigenvalue weighted by molar-refractivity contribution is 0.301. The standard InChI is InChI=1S/C14H13Br2NO/c15-12-5-1-3-10(7-12)9-18-14-11(8-17)4-2-6-13(14)16/h1-7H,8-9,17H2. The van der Waals surface area contributed by atoms with Gasteiger partial charge in [0.15, 0.2) is 0 Å². The molecule has 0 unspecified atom stereocenters. The molecule has 94 valence electrons. The van der Waals surface area contributed by atoms with E-state index in [1.807, 2.05) is 42.5 Å². The van der Waals surface area contributed by atoms with Crippen molar-refractivity contribution in [3.05, 3.63) is 62.5 Å². The molecule has 18 heavy (non-hydrogen) atoms. The fourth-order valence-corrected chi connectivity index (χ4v) is 2.63. The zero-order chi connectivity index (χ0) is 13.0. The fourth-order valence-electron chi connectivity index (χ4n) is 1.66. The van der Waals surface area contributed by atoms with Crippen molar-refractivity contribution in [3.8, 4) is 5.75 Å². The predicted octanol–water partition coefficient (Wildman–Crippen LogP) is 4.25. The fraction of sp³-hybridized carbons (Fsp3) is 0.143. The van der Waals surface area contributed by atoms with Gasteiger partial charge in [0.05, 0.1) is 4.47 Å². The lowest BCUT2D eigenvalue weighted by Gasteiger charge is -2.12. The molecule has 0 bridgehead atoms. The van der Waals surface area contributed by atoms with Gasteiger partial charge in [-0.1, -0.05) is 40.2 Å². The lowest BCUT2D eigenvalue weighted by atomic mass is 10.2. The highest BCUT2D eigenvalue weighted by molar-refractivity contribution is 9.10. The SMILES string of the molecule is NCc1cccc(Br)c1OCc1cccc(Br)c1. The van der Waals surface area contributed by atoms with Gasteiger partial charge in [0.25, 0.3) is 0 Å². The van der Waals surface area contributed by atoms with E-state index in [2.05, 4.69) is 31.9 Å². The van der Waals surface area contributed by atoms with Crippen LogP contribution in [-0.2, 0) is 13.2 Å². The molecule has 4 heteroatoms. The first-order valence-corrected chi connectivity index (χ1v) is 7.14. The van der Waals surface area contributed by atoms with Crippen molar-refractivity contribution in [1.29, 1.82) is 0 Å². The number of hydrogen-bond acceptors (Lipinski definition) is 2. The van der Waals surface area contributed by atoms with E-state index in [0.717, 1.165) is 25.8 Å². The molecule has 0 atom stereocenters. The largest absolute Gasteiger partial charge is 0.487 e. The molecule has 0 aromatic heterocycles. The van der Waals surface area contributed by atoms with E-state index >= 15 is 0 Å². The van der Waals surface area contributed by atoms with E-state index in [4.69, 9.17) is 10.5 Å². The highest BCUT2D eigenvalue weighted by atomic mass is 79.9. The first-order chi connectivity index (χ1) is 8.70. The van der Waals surface area contributed by atoms with Gasteiger partial charge in [-0.3, -0.25) is 0 Å². The number of halogens is 2. The Morgan fingerprint density at radius 3 is 2.56 bits per heavy atom. The van der Waals surface area contributed by atoms with Crippen LogP contribution in [0, 0.1) is 0 Å². The van der Waals surface area contributed by atoms with Gasteiger partial charge >= 0.3 is 0 Å². The lowest BCUT2D eigenvalue weighted by Crippen LogP contribution is -2.03. The molecule has 0 aliphatic heterocycles. The quantitative estimate of drug-likeness (QED) is 0.873. The molecule has 0 amide bonds. The van der Waals surface area contributed by atoms with Crippen LogP contribution in [0.2, 0.25) is 0 Å². The Balaban J connectivity index is 2.15. The second kappa shape index (κ2) is 6.36. The van der Waals surface area contributed by atoms with Crippen molar-refractivity contribution in [3.63, 3.8) is 0 Å². The average molecular weight is 371 g/mol. The third kappa shape index (κ3) is 3.34. The van der Waals surface area contributed by atoms with E-state index in [-0.39, 0.29) is 0 Å². The Morgan fingerprint density at radius 2 is 1.83 bits per heavy atom. The van der Waals surface area contributed by atoms with E-state index < -0.39 is 0 Å². The van der Waals surface area contributed by atoms with Gasteiger partial charge < -0.3 is 10.5 Å². The molecule has 0 aliphatic rings. The molecule has 0 radical (unpaired) electrons. The minimum absolute atomic E-state index is 0.466.